The molecule has 108 valence electrons. The topological polar surface area (TPSA) is 75.6 Å². The fourth-order valence-corrected chi connectivity index (χ4v) is 2.68. The monoisotopic (exact) mass is 300 g/mol. The maximum Gasteiger partial charge on any atom is 0.226 e. The summed E-state index contributed by atoms with van der Waals surface area (Å²) in [5, 5.41) is 9.52. The third kappa shape index (κ3) is 3.08. The molecule has 0 atom stereocenters. The molecule has 0 saturated carbocycles. The van der Waals surface area contributed by atoms with Crippen molar-refractivity contribution in [1.82, 2.24) is 19.9 Å². The minimum Gasteiger partial charge on any atom is -0.364 e. The lowest BCUT2D eigenvalue weighted by Gasteiger charge is -2.09. The Hall–Kier alpha value is -2.28. The Balaban J connectivity index is 1.84. The molecule has 2 N–H and O–H groups in total. The molecule has 0 saturated heterocycles. The van der Waals surface area contributed by atoms with Crippen LogP contribution in [0.15, 0.2) is 23.8 Å². The molecule has 3 aromatic rings. The van der Waals surface area contributed by atoms with Gasteiger partial charge in [-0.1, -0.05) is 0 Å². The lowest BCUT2D eigenvalue weighted by atomic mass is 10.3. The number of aryl methyl sites for hydroxylation is 1. The Morgan fingerprint density at radius 2 is 2.05 bits per heavy atom. The normalized spacial score (nSPS) is 10.8. The molecule has 7 heteroatoms. The van der Waals surface area contributed by atoms with E-state index in [0.717, 1.165) is 34.0 Å². The van der Waals surface area contributed by atoms with E-state index in [9.17, 15) is 0 Å². The first kappa shape index (κ1) is 13.7. The summed E-state index contributed by atoms with van der Waals surface area (Å²) in [5.74, 6) is 1.46. The van der Waals surface area contributed by atoms with Gasteiger partial charge in [-0.05, 0) is 25.3 Å². The average molecular weight is 300 g/mol. The van der Waals surface area contributed by atoms with Gasteiger partial charge in [-0.3, -0.25) is 9.97 Å². The Morgan fingerprint density at radius 1 is 1.14 bits per heavy atom. The van der Waals surface area contributed by atoms with Gasteiger partial charge in [0.05, 0.1) is 29.5 Å². The molecule has 0 amide bonds. The maximum atomic E-state index is 4.52. The van der Waals surface area contributed by atoms with E-state index in [0.29, 0.717) is 12.5 Å². The molecule has 0 fully saturated rings. The van der Waals surface area contributed by atoms with Crippen molar-refractivity contribution in [2.75, 3.05) is 17.2 Å². The Labute approximate surface area is 126 Å². The van der Waals surface area contributed by atoms with E-state index in [4.69, 9.17) is 0 Å². The zero-order chi connectivity index (χ0) is 14.7. The smallest absolute Gasteiger partial charge is 0.226 e. The van der Waals surface area contributed by atoms with Crippen LogP contribution in [0.3, 0.4) is 0 Å². The summed E-state index contributed by atoms with van der Waals surface area (Å²) in [6, 6.07) is 2.03. The van der Waals surface area contributed by atoms with Gasteiger partial charge >= 0.3 is 0 Å². The Kier molecular flexibility index (Phi) is 3.92. The van der Waals surface area contributed by atoms with E-state index >= 15 is 0 Å². The number of hydrogen-bond donors (Lipinski definition) is 2. The van der Waals surface area contributed by atoms with Crippen molar-refractivity contribution in [1.29, 1.82) is 0 Å². The summed E-state index contributed by atoms with van der Waals surface area (Å²) in [7, 11) is 0. The molecule has 0 aliphatic carbocycles. The van der Waals surface area contributed by atoms with Crippen molar-refractivity contribution < 1.29 is 0 Å². The number of hydrogen-bond acceptors (Lipinski definition) is 7. The molecule has 21 heavy (non-hydrogen) atoms. The van der Waals surface area contributed by atoms with Gasteiger partial charge in [0.15, 0.2) is 0 Å². The molecule has 3 aromatic heterocycles. The summed E-state index contributed by atoms with van der Waals surface area (Å²) in [5.41, 5.74) is 1.79. The maximum absolute atomic E-state index is 4.52. The van der Waals surface area contributed by atoms with Gasteiger partial charge in [-0.2, -0.15) is 4.98 Å². The van der Waals surface area contributed by atoms with Gasteiger partial charge in [0.2, 0.25) is 5.95 Å². The van der Waals surface area contributed by atoms with Gasteiger partial charge in [0.25, 0.3) is 0 Å². The van der Waals surface area contributed by atoms with E-state index in [-0.39, 0.29) is 0 Å². The number of nitrogens with one attached hydrogen (secondary N) is 2. The SMILES string of the molecule is CCNc1nc(NCc2cnc(C)cn2)c2ccsc2n1. The van der Waals surface area contributed by atoms with Crippen molar-refractivity contribution in [3.05, 3.63) is 35.2 Å². The molecule has 0 radical (unpaired) electrons. The number of nitrogens with zero attached hydrogens (tertiary/aromatic N) is 4. The van der Waals surface area contributed by atoms with Gasteiger partial charge in [-0.25, -0.2) is 4.98 Å². The fraction of sp³-hybridized carbons (Fsp3) is 0.286. The lowest BCUT2D eigenvalue weighted by molar-refractivity contribution is 0.976. The summed E-state index contributed by atoms with van der Waals surface area (Å²) < 4.78 is 0. The number of thiophene rings is 1. The highest BCUT2D eigenvalue weighted by Crippen LogP contribution is 2.26. The number of rotatable bonds is 5. The largest absolute Gasteiger partial charge is 0.364 e. The molecule has 3 rings (SSSR count). The number of aromatic nitrogens is 4. The first-order valence-electron chi connectivity index (χ1n) is 6.76. The highest BCUT2D eigenvalue weighted by molar-refractivity contribution is 7.16. The van der Waals surface area contributed by atoms with Gasteiger partial charge in [0, 0.05) is 12.7 Å². The van der Waals surface area contributed by atoms with Crippen molar-refractivity contribution in [2.24, 2.45) is 0 Å². The van der Waals surface area contributed by atoms with Crippen LogP contribution in [-0.2, 0) is 6.54 Å². The highest BCUT2D eigenvalue weighted by Gasteiger charge is 2.08. The van der Waals surface area contributed by atoms with Gasteiger partial charge in [0.1, 0.15) is 10.6 Å². The number of fused-ring (bicyclic) bond motifs is 1. The molecule has 0 aliphatic heterocycles. The fourth-order valence-electron chi connectivity index (χ4n) is 1.91. The van der Waals surface area contributed by atoms with E-state index in [1.807, 2.05) is 25.3 Å². The molecule has 0 aliphatic rings. The van der Waals surface area contributed by atoms with Crippen LogP contribution in [0, 0.1) is 6.92 Å². The molecular weight excluding hydrogens is 284 g/mol. The average Bonchev–Trinajstić information content (AvgIpc) is 2.95. The Bertz CT molecular complexity index is 737. The van der Waals surface area contributed by atoms with E-state index < -0.39 is 0 Å². The molecular formula is C14H16N6S. The van der Waals surface area contributed by atoms with Crippen LogP contribution in [0.4, 0.5) is 11.8 Å². The molecule has 0 spiro atoms. The first-order chi connectivity index (χ1) is 10.3. The minimum atomic E-state index is 0.584. The summed E-state index contributed by atoms with van der Waals surface area (Å²) in [4.78, 5) is 18.6. The van der Waals surface area contributed by atoms with Crippen LogP contribution < -0.4 is 10.6 Å². The van der Waals surface area contributed by atoms with Crippen LogP contribution in [-0.4, -0.2) is 26.5 Å². The predicted octanol–water partition coefficient (Wildman–Crippen LogP) is 2.83. The molecule has 0 bridgehead atoms. The second-order valence-corrected chi connectivity index (χ2v) is 5.46. The van der Waals surface area contributed by atoms with E-state index in [2.05, 4.69) is 30.6 Å². The highest BCUT2D eigenvalue weighted by atomic mass is 32.1. The Morgan fingerprint density at radius 3 is 2.81 bits per heavy atom. The van der Waals surface area contributed by atoms with Gasteiger partial charge in [-0.15, -0.1) is 11.3 Å². The van der Waals surface area contributed by atoms with Crippen LogP contribution in [0.1, 0.15) is 18.3 Å². The summed E-state index contributed by atoms with van der Waals surface area (Å²) >= 11 is 1.61. The number of anilines is 2. The van der Waals surface area contributed by atoms with Crippen molar-refractivity contribution in [3.8, 4) is 0 Å². The minimum absolute atomic E-state index is 0.584. The van der Waals surface area contributed by atoms with E-state index in [1.54, 1.807) is 23.7 Å². The molecule has 0 unspecified atom stereocenters. The third-order valence-corrected chi connectivity index (χ3v) is 3.74. The zero-order valence-corrected chi connectivity index (χ0v) is 12.7. The predicted molar refractivity (Wildman–Crippen MR) is 85.7 cm³/mol. The van der Waals surface area contributed by atoms with E-state index in [1.165, 1.54) is 0 Å². The quantitative estimate of drug-likeness (QED) is 0.754. The molecule has 0 aromatic carbocycles. The molecule has 3 heterocycles. The first-order valence-corrected chi connectivity index (χ1v) is 7.64. The second kappa shape index (κ2) is 6.01. The van der Waals surface area contributed by atoms with Gasteiger partial charge < -0.3 is 10.6 Å². The van der Waals surface area contributed by atoms with Crippen LogP contribution in [0.2, 0.25) is 0 Å². The van der Waals surface area contributed by atoms with Crippen LogP contribution in [0.5, 0.6) is 0 Å². The van der Waals surface area contributed by atoms with Crippen LogP contribution in [0.25, 0.3) is 10.2 Å². The third-order valence-electron chi connectivity index (χ3n) is 2.93. The second-order valence-electron chi connectivity index (χ2n) is 4.57. The van der Waals surface area contributed by atoms with Crippen molar-refractivity contribution in [2.45, 2.75) is 20.4 Å². The standard InChI is InChI=1S/C14H16N6S/c1-3-15-14-19-12(11-4-5-21-13(11)20-14)18-8-10-7-16-9(2)6-17-10/h4-7H,3,8H2,1-2H3,(H2,15,18,19,20). The summed E-state index contributed by atoms with van der Waals surface area (Å²) in [6.07, 6.45) is 3.54. The molecule has 6 nitrogen and oxygen atoms in total. The lowest BCUT2D eigenvalue weighted by Crippen LogP contribution is -2.08. The summed E-state index contributed by atoms with van der Waals surface area (Å²) in [6.45, 7) is 5.32. The zero-order valence-electron chi connectivity index (χ0n) is 11.9. The van der Waals surface area contributed by atoms with Crippen molar-refractivity contribution >= 4 is 33.3 Å². The van der Waals surface area contributed by atoms with Crippen LogP contribution >= 0.6 is 11.3 Å². The van der Waals surface area contributed by atoms with Crippen molar-refractivity contribution in [3.63, 3.8) is 0 Å².